The summed E-state index contributed by atoms with van der Waals surface area (Å²) in [7, 11) is 1.36. The molecule has 0 saturated carbocycles. The number of carbonyl (C=O) groups excluding carboxylic acids is 1. The van der Waals surface area contributed by atoms with Gasteiger partial charge < -0.3 is 4.90 Å². The van der Waals surface area contributed by atoms with Gasteiger partial charge in [0.2, 0.25) is 0 Å². The van der Waals surface area contributed by atoms with Crippen molar-refractivity contribution in [2.75, 3.05) is 7.05 Å². The molecule has 2 aromatic carbocycles. The van der Waals surface area contributed by atoms with Gasteiger partial charge >= 0.3 is 0 Å². The van der Waals surface area contributed by atoms with Crippen LogP contribution < -0.4 is 0 Å². The van der Waals surface area contributed by atoms with E-state index in [4.69, 9.17) is 0 Å². The molecule has 0 saturated heterocycles. The standard InChI is InChI=1S/C15H11F4NO/c1-20(8-9-4-2-3-5-11(9)16)15(21)10-6-12(17)14(19)13(18)7-10/h2-7H,8H2,1H3. The van der Waals surface area contributed by atoms with E-state index in [9.17, 15) is 22.4 Å². The molecule has 2 nitrogen and oxygen atoms in total. The van der Waals surface area contributed by atoms with Crippen LogP contribution in [0.4, 0.5) is 17.6 Å². The minimum Gasteiger partial charge on any atom is -0.337 e. The molecule has 0 atom stereocenters. The lowest BCUT2D eigenvalue weighted by Gasteiger charge is -2.18. The average molecular weight is 297 g/mol. The molecule has 0 radical (unpaired) electrons. The first-order valence-corrected chi connectivity index (χ1v) is 6.03. The van der Waals surface area contributed by atoms with Crippen molar-refractivity contribution in [2.45, 2.75) is 6.54 Å². The quantitative estimate of drug-likeness (QED) is 0.627. The van der Waals surface area contributed by atoms with Crippen LogP contribution in [0.15, 0.2) is 36.4 Å². The van der Waals surface area contributed by atoms with Crippen LogP contribution in [0.2, 0.25) is 0 Å². The maximum Gasteiger partial charge on any atom is 0.254 e. The highest BCUT2D eigenvalue weighted by Gasteiger charge is 2.18. The third-order valence-electron chi connectivity index (χ3n) is 2.94. The average Bonchev–Trinajstić information content (AvgIpc) is 2.45. The molecule has 0 N–H and O–H groups in total. The molecule has 0 unspecified atom stereocenters. The number of hydrogen-bond acceptors (Lipinski definition) is 1. The maximum absolute atomic E-state index is 13.5. The van der Waals surface area contributed by atoms with Gasteiger partial charge in [0.25, 0.3) is 5.91 Å². The summed E-state index contributed by atoms with van der Waals surface area (Å²) in [6.45, 7) is -0.0773. The van der Waals surface area contributed by atoms with Crippen molar-refractivity contribution >= 4 is 5.91 Å². The van der Waals surface area contributed by atoms with Gasteiger partial charge in [0.05, 0.1) is 0 Å². The van der Waals surface area contributed by atoms with Crippen molar-refractivity contribution in [3.63, 3.8) is 0 Å². The molecule has 0 aliphatic heterocycles. The summed E-state index contributed by atoms with van der Waals surface area (Å²) < 4.78 is 52.6. The van der Waals surface area contributed by atoms with Crippen molar-refractivity contribution in [3.05, 3.63) is 70.8 Å². The zero-order valence-electron chi connectivity index (χ0n) is 11.0. The van der Waals surface area contributed by atoms with E-state index in [0.29, 0.717) is 12.1 Å². The highest BCUT2D eigenvalue weighted by atomic mass is 19.2. The predicted molar refractivity (Wildman–Crippen MR) is 68.5 cm³/mol. The van der Waals surface area contributed by atoms with Crippen LogP contribution in [-0.2, 0) is 6.54 Å². The number of rotatable bonds is 3. The van der Waals surface area contributed by atoms with Gasteiger partial charge in [-0.2, -0.15) is 0 Å². The highest BCUT2D eigenvalue weighted by molar-refractivity contribution is 5.94. The first-order chi connectivity index (χ1) is 9.90. The summed E-state index contributed by atoms with van der Waals surface area (Å²) in [5, 5.41) is 0. The summed E-state index contributed by atoms with van der Waals surface area (Å²) in [6, 6.07) is 7.06. The lowest BCUT2D eigenvalue weighted by Crippen LogP contribution is -2.27. The fourth-order valence-electron chi connectivity index (χ4n) is 1.85. The molecular weight excluding hydrogens is 286 g/mol. The Hall–Kier alpha value is -2.37. The van der Waals surface area contributed by atoms with E-state index in [1.165, 1.54) is 25.2 Å². The molecular formula is C15H11F4NO. The fourth-order valence-corrected chi connectivity index (χ4v) is 1.85. The lowest BCUT2D eigenvalue weighted by atomic mass is 10.1. The molecule has 6 heteroatoms. The number of hydrogen-bond donors (Lipinski definition) is 0. The summed E-state index contributed by atoms with van der Waals surface area (Å²) >= 11 is 0. The van der Waals surface area contributed by atoms with Gasteiger partial charge in [0.1, 0.15) is 5.82 Å². The number of carbonyl (C=O) groups is 1. The maximum atomic E-state index is 13.5. The third-order valence-corrected chi connectivity index (χ3v) is 2.94. The van der Waals surface area contributed by atoms with Gasteiger partial charge in [-0.05, 0) is 18.2 Å². The molecule has 0 aromatic heterocycles. The van der Waals surface area contributed by atoms with Gasteiger partial charge in [-0.15, -0.1) is 0 Å². The van der Waals surface area contributed by atoms with Crippen LogP contribution in [0.25, 0.3) is 0 Å². The van der Waals surface area contributed by atoms with Gasteiger partial charge in [-0.3, -0.25) is 4.79 Å². The van der Waals surface area contributed by atoms with E-state index in [1.807, 2.05) is 0 Å². The first kappa shape index (κ1) is 15.0. The zero-order valence-corrected chi connectivity index (χ0v) is 11.0. The Balaban J connectivity index is 2.22. The molecule has 21 heavy (non-hydrogen) atoms. The number of halogens is 4. The van der Waals surface area contributed by atoms with Crippen LogP contribution in [0.5, 0.6) is 0 Å². The largest absolute Gasteiger partial charge is 0.337 e. The molecule has 0 aliphatic rings. The second-order valence-corrected chi connectivity index (χ2v) is 4.51. The van der Waals surface area contributed by atoms with Gasteiger partial charge in [0, 0.05) is 24.7 Å². The second-order valence-electron chi connectivity index (χ2n) is 4.51. The Morgan fingerprint density at radius 3 is 2.14 bits per heavy atom. The van der Waals surface area contributed by atoms with Crippen LogP contribution >= 0.6 is 0 Å². The van der Waals surface area contributed by atoms with Crippen LogP contribution in [0, 0.1) is 23.3 Å². The Kier molecular flexibility index (Phi) is 4.26. The van der Waals surface area contributed by atoms with E-state index in [-0.39, 0.29) is 17.7 Å². The van der Waals surface area contributed by atoms with Gasteiger partial charge in [0.15, 0.2) is 17.5 Å². The van der Waals surface area contributed by atoms with Gasteiger partial charge in [-0.25, -0.2) is 17.6 Å². The third kappa shape index (κ3) is 3.21. The van der Waals surface area contributed by atoms with Crippen LogP contribution in [0.3, 0.4) is 0 Å². The summed E-state index contributed by atoms with van der Waals surface area (Å²) in [6.07, 6.45) is 0. The van der Waals surface area contributed by atoms with Crippen LogP contribution in [-0.4, -0.2) is 17.9 Å². The zero-order chi connectivity index (χ0) is 15.6. The van der Waals surface area contributed by atoms with Crippen molar-refractivity contribution in [2.24, 2.45) is 0 Å². The SMILES string of the molecule is CN(Cc1ccccc1F)C(=O)c1cc(F)c(F)c(F)c1. The second kappa shape index (κ2) is 5.95. The minimum atomic E-state index is -1.64. The normalized spacial score (nSPS) is 10.5. The smallest absolute Gasteiger partial charge is 0.254 e. The Bertz CT molecular complexity index is 664. The fraction of sp³-hybridized carbons (Fsp3) is 0.133. The highest BCUT2D eigenvalue weighted by Crippen LogP contribution is 2.16. The molecule has 110 valence electrons. The predicted octanol–water partition coefficient (Wildman–Crippen LogP) is 3.52. The molecule has 0 spiro atoms. The molecule has 0 heterocycles. The molecule has 2 aromatic rings. The van der Waals surface area contributed by atoms with E-state index in [1.54, 1.807) is 6.07 Å². The molecule has 0 aliphatic carbocycles. The van der Waals surface area contributed by atoms with Crippen molar-refractivity contribution in [3.8, 4) is 0 Å². The van der Waals surface area contributed by atoms with E-state index in [2.05, 4.69) is 0 Å². The van der Waals surface area contributed by atoms with Gasteiger partial charge in [-0.1, -0.05) is 18.2 Å². The molecule has 1 amide bonds. The summed E-state index contributed by atoms with van der Waals surface area (Å²) in [4.78, 5) is 13.1. The number of benzene rings is 2. The van der Waals surface area contributed by atoms with E-state index < -0.39 is 29.2 Å². The van der Waals surface area contributed by atoms with Crippen molar-refractivity contribution < 1.29 is 22.4 Å². The Labute approximate surface area is 118 Å². The van der Waals surface area contributed by atoms with E-state index in [0.717, 1.165) is 4.90 Å². The topological polar surface area (TPSA) is 20.3 Å². The summed E-state index contributed by atoms with van der Waals surface area (Å²) in [5.41, 5.74) is -0.0818. The monoisotopic (exact) mass is 297 g/mol. The molecule has 0 fully saturated rings. The number of amides is 1. The Morgan fingerprint density at radius 2 is 1.57 bits per heavy atom. The van der Waals surface area contributed by atoms with Crippen LogP contribution in [0.1, 0.15) is 15.9 Å². The van der Waals surface area contributed by atoms with Crippen molar-refractivity contribution in [1.29, 1.82) is 0 Å². The Morgan fingerprint density at radius 1 is 1.00 bits per heavy atom. The minimum absolute atomic E-state index is 0.0773. The van der Waals surface area contributed by atoms with E-state index >= 15 is 0 Å². The first-order valence-electron chi connectivity index (χ1n) is 6.03. The molecule has 0 bridgehead atoms. The summed E-state index contributed by atoms with van der Waals surface area (Å²) in [5.74, 6) is -5.76. The molecule has 2 rings (SSSR count). The number of nitrogens with zero attached hydrogens (tertiary/aromatic N) is 1. The lowest BCUT2D eigenvalue weighted by molar-refractivity contribution is 0.0782. The van der Waals surface area contributed by atoms with Crippen molar-refractivity contribution in [1.82, 2.24) is 4.90 Å².